The van der Waals surface area contributed by atoms with Crippen molar-refractivity contribution in [1.29, 1.82) is 0 Å². The van der Waals surface area contributed by atoms with Gasteiger partial charge in [-0.25, -0.2) is 5.43 Å². The van der Waals surface area contributed by atoms with Crippen LogP contribution in [0, 0.1) is 0 Å². The Balaban J connectivity index is 2.30. The van der Waals surface area contributed by atoms with Crippen molar-refractivity contribution >= 4 is 21.7 Å². The summed E-state index contributed by atoms with van der Waals surface area (Å²) in [7, 11) is -5.70. The molecule has 0 heterocycles. The van der Waals surface area contributed by atoms with Crippen LogP contribution in [0.2, 0.25) is 0 Å². The van der Waals surface area contributed by atoms with E-state index < -0.39 is 21.4 Å². The first-order chi connectivity index (χ1) is 10.6. The van der Waals surface area contributed by atoms with E-state index in [0.29, 0.717) is 36.1 Å². The van der Waals surface area contributed by atoms with Gasteiger partial charge >= 0.3 is 15.6 Å². The highest BCUT2D eigenvalue weighted by Crippen LogP contribution is 2.30. The molecule has 0 saturated heterocycles. The largest absolute Gasteiger partial charge is 0.534 e. The molecule has 23 heavy (non-hydrogen) atoms. The topological polar surface area (TPSA) is 84.8 Å². The predicted octanol–water partition coefficient (Wildman–Crippen LogP) is 2.09. The van der Waals surface area contributed by atoms with Gasteiger partial charge in [-0.05, 0) is 43.0 Å². The lowest BCUT2D eigenvalue weighted by molar-refractivity contribution is -0.118. The average Bonchev–Trinajstić information content (AvgIpc) is 2.43. The minimum Gasteiger partial charge on any atom is -0.376 e. The molecule has 1 aliphatic rings. The van der Waals surface area contributed by atoms with Crippen LogP contribution in [0.15, 0.2) is 23.3 Å². The summed E-state index contributed by atoms with van der Waals surface area (Å²) in [6, 6.07) is 3.79. The number of hydrogen-bond acceptors (Lipinski definition) is 5. The van der Waals surface area contributed by atoms with Gasteiger partial charge in [-0.2, -0.15) is 26.7 Å². The second kappa shape index (κ2) is 6.19. The van der Waals surface area contributed by atoms with Gasteiger partial charge in [-0.15, -0.1) is 0 Å². The first kappa shape index (κ1) is 17.3. The van der Waals surface area contributed by atoms with Gasteiger partial charge < -0.3 is 4.18 Å². The number of halogens is 3. The highest BCUT2D eigenvalue weighted by atomic mass is 32.2. The van der Waals surface area contributed by atoms with Crippen LogP contribution in [0.5, 0.6) is 5.75 Å². The number of amides is 1. The Morgan fingerprint density at radius 2 is 2.00 bits per heavy atom. The quantitative estimate of drug-likeness (QED) is 0.514. The third-order valence-corrected chi connectivity index (χ3v) is 4.06. The third kappa shape index (κ3) is 4.01. The highest BCUT2D eigenvalue weighted by molar-refractivity contribution is 7.88. The molecule has 1 aliphatic carbocycles. The monoisotopic (exact) mass is 350 g/mol. The Morgan fingerprint density at radius 1 is 1.30 bits per heavy atom. The summed E-state index contributed by atoms with van der Waals surface area (Å²) in [6.07, 6.45) is 1.80. The number of carbonyl (C=O) groups excluding carboxylic acids is 1. The zero-order chi connectivity index (χ0) is 17.3. The van der Waals surface area contributed by atoms with Crippen molar-refractivity contribution in [1.82, 2.24) is 5.43 Å². The van der Waals surface area contributed by atoms with Gasteiger partial charge in [0.2, 0.25) is 5.91 Å². The van der Waals surface area contributed by atoms with Gasteiger partial charge in [-0.3, -0.25) is 4.79 Å². The number of aryl methyl sites for hydroxylation is 1. The molecule has 0 saturated carbocycles. The van der Waals surface area contributed by atoms with E-state index in [4.69, 9.17) is 0 Å². The SMILES string of the molecule is CC(=O)NN=C1CCCc2cc(OS(=O)(=O)C(F)(F)F)ccc21. The van der Waals surface area contributed by atoms with E-state index >= 15 is 0 Å². The molecule has 0 aliphatic heterocycles. The Bertz CT molecular complexity index is 757. The fourth-order valence-electron chi connectivity index (χ4n) is 2.13. The number of fused-ring (bicyclic) bond motifs is 1. The van der Waals surface area contributed by atoms with E-state index in [0.717, 1.165) is 6.07 Å². The number of nitrogens with zero attached hydrogens (tertiary/aromatic N) is 1. The van der Waals surface area contributed by atoms with Crippen molar-refractivity contribution in [2.75, 3.05) is 0 Å². The van der Waals surface area contributed by atoms with Gasteiger partial charge in [0.05, 0.1) is 5.71 Å². The Labute approximate surface area is 130 Å². The van der Waals surface area contributed by atoms with Gasteiger partial charge in [-0.1, -0.05) is 0 Å². The van der Waals surface area contributed by atoms with Crippen LogP contribution < -0.4 is 9.61 Å². The zero-order valence-corrected chi connectivity index (χ0v) is 12.8. The van der Waals surface area contributed by atoms with Crippen LogP contribution in [-0.4, -0.2) is 25.5 Å². The summed E-state index contributed by atoms with van der Waals surface area (Å²) in [5.41, 5.74) is -1.36. The first-order valence-corrected chi connectivity index (χ1v) is 7.98. The summed E-state index contributed by atoms with van der Waals surface area (Å²) in [6.45, 7) is 1.30. The maximum atomic E-state index is 12.3. The number of hydrazone groups is 1. The Hall–Kier alpha value is -2.10. The van der Waals surface area contributed by atoms with E-state index in [-0.39, 0.29) is 5.91 Å². The average molecular weight is 350 g/mol. The molecule has 1 aromatic rings. The zero-order valence-electron chi connectivity index (χ0n) is 12.0. The van der Waals surface area contributed by atoms with Crippen molar-refractivity contribution in [3.8, 4) is 5.75 Å². The third-order valence-electron chi connectivity index (χ3n) is 3.09. The van der Waals surface area contributed by atoms with E-state index in [1.807, 2.05) is 0 Å². The van der Waals surface area contributed by atoms with E-state index in [1.54, 1.807) is 0 Å². The minimum absolute atomic E-state index is 0.346. The lowest BCUT2D eigenvalue weighted by atomic mass is 9.90. The van der Waals surface area contributed by atoms with E-state index in [9.17, 15) is 26.4 Å². The van der Waals surface area contributed by atoms with Gasteiger partial charge in [0.25, 0.3) is 0 Å². The lowest BCUT2D eigenvalue weighted by Gasteiger charge is -2.19. The van der Waals surface area contributed by atoms with Crippen LogP contribution in [0.3, 0.4) is 0 Å². The molecule has 0 fully saturated rings. The molecule has 0 radical (unpaired) electrons. The van der Waals surface area contributed by atoms with Gasteiger partial charge in [0, 0.05) is 12.5 Å². The van der Waals surface area contributed by atoms with Crippen molar-refractivity contribution in [3.63, 3.8) is 0 Å². The number of rotatable bonds is 3. The number of nitrogens with one attached hydrogen (secondary N) is 1. The molecule has 0 unspecified atom stereocenters. The van der Waals surface area contributed by atoms with Gasteiger partial charge in [0.1, 0.15) is 5.75 Å². The molecule has 0 atom stereocenters. The minimum atomic E-state index is -5.70. The maximum absolute atomic E-state index is 12.3. The molecule has 2 rings (SSSR count). The van der Waals surface area contributed by atoms with Crippen molar-refractivity contribution in [3.05, 3.63) is 29.3 Å². The fourth-order valence-corrected chi connectivity index (χ4v) is 2.58. The van der Waals surface area contributed by atoms with E-state index in [2.05, 4.69) is 14.7 Å². The normalized spacial score (nSPS) is 16.8. The number of carbonyl (C=O) groups is 1. The van der Waals surface area contributed by atoms with E-state index in [1.165, 1.54) is 19.1 Å². The Morgan fingerprint density at radius 3 is 2.61 bits per heavy atom. The van der Waals surface area contributed by atoms with Crippen LogP contribution in [-0.2, 0) is 21.3 Å². The number of alkyl halides is 3. The molecular formula is C13H13F3N2O4S. The number of hydrogen-bond donors (Lipinski definition) is 1. The summed E-state index contributed by atoms with van der Waals surface area (Å²) in [5, 5.41) is 3.95. The molecule has 10 heteroatoms. The molecule has 1 amide bonds. The molecule has 1 N–H and O–H groups in total. The predicted molar refractivity (Wildman–Crippen MR) is 75.3 cm³/mol. The first-order valence-electron chi connectivity index (χ1n) is 6.57. The summed E-state index contributed by atoms with van der Waals surface area (Å²) in [4.78, 5) is 10.9. The van der Waals surface area contributed by atoms with Crippen molar-refractivity contribution in [2.24, 2.45) is 5.10 Å². The summed E-state index contributed by atoms with van der Waals surface area (Å²) < 4.78 is 63.1. The molecule has 1 aromatic carbocycles. The van der Waals surface area contributed by atoms with Crippen molar-refractivity contribution in [2.45, 2.75) is 31.7 Å². The fraction of sp³-hybridized carbons (Fsp3) is 0.385. The highest BCUT2D eigenvalue weighted by Gasteiger charge is 2.48. The molecule has 0 spiro atoms. The lowest BCUT2D eigenvalue weighted by Crippen LogP contribution is -2.28. The molecule has 0 bridgehead atoms. The standard InChI is InChI=1S/C13H13F3N2O4S/c1-8(19)17-18-12-4-2-3-9-7-10(5-6-11(9)12)22-23(20,21)13(14,15)16/h5-7H,2-4H2,1H3,(H,17,19). The molecular weight excluding hydrogens is 337 g/mol. The van der Waals surface area contributed by atoms with Crippen LogP contribution in [0.4, 0.5) is 13.2 Å². The maximum Gasteiger partial charge on any atom is 0.534 e. The molecule has 0 aromatic heterocycles. The Kier molecular flexibility index (Phi) is 4.64. The van der Waals surface area contributed by atoms with Crippen LogP contribution in [0.1, 0.15) is 30.9 Å². The second-order valence-electron chi connectivity index (χ2n) is 4.88. The van der Waals surface area contributed by atoms with Crippen LogP contribution in [0.25, 0.3) is 0 Å². The smallest absolute Gasteiger partial charge is 0.376 e. The molecule has 126 valence electrons. The van der Waals surface area contributed by atoms with Gasteiger partial charge in [0.15, 0.2) is 0 Å². The van der Waals surface area contributed by atoms with Crippen LogP contribution >= 0.6 is 0 Å². The number of benzene rings is 1. The second-order valence-corrected chi connectivity index (χ2v) is 6.42. The van der Waals surface area contributed by atoms with Crippen molar-refractivity contribution < 1.29 is 30.6 Å². The summed E-state index contributed by atoms with van der Waals surface area (Å²) >= 11 is 0. The molecule has 6 nitrogen and oxygen atoms in total. The summed E-state index contributed by atoms with van der Waals surface area (Å²) in [5.74, 6) is -0.761.